The molecule has 0 aromatic carbocycles. The smallest absolute Gasteiger partial charge is 0.0640 e. The number of aromatic nitrogens is 2. The molecule has 1 aliphatic rings. The van der Waals surface area contributed by atoms with Crippen LogP contribution in [-0.2, 0) is 6.42 Å². The zero-order valence-corrected chi connectivity index (χ0v) is 14.7. The number of hydrogen-bond donors (Lipinski definition) is 1. The summed E-state index contributed by atoms with van der Waals surface area (Å²) < 4.78 is 2.23. The molecule has 120 valence electrons. The Bertz CT molecular complexity index is 396. The summed E-state index contributed by atoms with van der Waals surface area (Å²) in [6.07, 6.45) is 9.99. The molecular weight excluding hydrogens is 278 g/mol. The largest absolute Gasteiger partial charge is 0.313 e. The predicted octanol–water partition coefficient (Wildman–Crippen LogP) is 4.05. The van der Waals surface area contributed by atoms with Gasteiger partial charge in [0.1, 0.15) is 0 Å². The lowest BCUT2D eigenvalue weighted by Crippen LogP contribution is -2.33. The Kier molecular flexibility index (Phi) is 7.11. The fourth-order valence-corrected chi connectivity index (χ4v) is 3.93. The van der Waals surface area contributed by atoms with Gasteiger partial charge in [0.25, 0.3) is 0 Å². The number of hydrogen-bond acceptors (Lipinski definition) is 3. The van der Waals surface area contributed by atoms with E-state index in [2.05, 4.69) is 43.0 Å². The molecule has 1 aromatic heterocycles. The van der Waals surface area contributed by atoms with E-state index in [1.54, 1.807) is 0 Å². The van der Waals surface area contributed by atoms with Crippen molar-refractivity contribution in [3.8, 4) is 0 Å². The fourth-order valence-electron chi connectivity index (χ4n) is 3.07. The Morgan fingerprint density at radius 3 is 2.76 bits per heavy atom. The van der Waals surface area contributed by atoms with Crippen molar-refractivity contribution in [1.82, 2.24) is 15.1 Å². The Labute approximate surface area is 134 Å². The summed E-state index contributed by atoms with van der Waals surface area (Å²) in [5.74, 6) is 1.17. The van der Waals surface area contributed by atoms with E-state index in [-0.39, 0.29) is 0 Å². The van der Waals surface area contributed by atoms with Crippen molar-refractivity contribution < 1.29 is 0 Å². The summed E-state index contributed by atoms with van der Waals surface area (Å²) in [6.45, 7) is 7.76. The first-order chi connectivity index (χ1) is 10.2. The van der Waals surface area contributed by atoms with Crippen molar-refractivity contribution in [2.75, 3.05) is 12.3 Å². The maximum Gasteiger partial charge on any atom is 0.0640 e. The molecular formula is C17H31N3S. The van der Waals surface area contributed by atoms with E-state index in [1.807, 2.05) is 11.8 Å². The Hall–Kier alpha value is -0.480. The molecule has 0 amide bonds. The third-order valence-corrected chi connectivity index (χ3v) is 5.45. The third-order valence-electron chi connectivity index (χ3n) is 4.19. The highest BCUT2D eigenvalue weighted by atomic mass is 32.2. The van der Waals surface area contributed by atoms with E-state index in [1.165, 1.54) is 43.6 Å². The predicted molar refractivity (Wildman–Crippen MR) is 93.1 cm³/mol. The Morgan fingerprint density at radius 1 is 1.33 bits per heavy atom. The number of likely N-dealkylation sites (N-methyl/N-ethyl adjacent to an activating group) is 1. The number of nitrogens with zero attached hydrogens (tertiary/aromatic N) is 2. The molecule has 1 saturated carbocycles. The maximum atomic E-state index is 4.85. The normalized spacial score (nSPS) is 18.3. The molecule has 0 radical (unpaired) electrons. The van der Waals surface area contributed by atoms with Gasteiger partial charge in [0.05, 0.1) is 11.7 Å². The topological polar surface area (TPSA) is 29.9 Å². The van der Waals surface area contributed by atoms with Gasteiger partial charge in [-0.05, 0) is 30.7 Å². The zero-order valence-electron chi connectivity index (χ0n) is 13.8. The first kappa shape index (κ1) is 16.9. The van der Waals surface area contributed by atoms with Crippen molar-refractivity contribution in [2.45, 2.75) is 76.6 Å². The molecule has 1 heterocycles. The van der Waals surface area contributed by atoms with Gasteiger partial charge in [0, 0.05) is 24.4 Å². The second kappa shape index (κ2) is 8.84. The minimum absolute atomic E-state index is 0.539. The zero-order chi connectivity index (χ0) is 15.1. The second-order valence-electron chi connectivity index (χ2n) is 6.42. The van der Waals surface area contributed by atoms with Gasteiger partial charge in [-0.25, -0.2) is 0 Å². The van der Waals surface area contributed by atoms with Gasteiger partial charge in [0.2, 0.25) is 0 Å². The van der Waals surface area contributed by atoms with Crippen LogP contribution in [0.1, 0.15) is 64.6 Å². The van der Waals surface area contributed by atoms with Crippen LogP contribution >= 0.6 is 11.8 Å². The van der Waals surface area contributed by atoms with Crippen LogP contribution < -0.4 is 5.32 Å². The van der Waals surface area contributed by atoms with Crippen LogP contribution in [0, 0.1) is 0 Å². The molecule has 0 bridgehead atoms. The highest BCUT2D eigenvalue weighted by Crippen LogP contribution is 2.27. The third kappa shape index (κ3) is 5.67. The summed E-state index contributed by atoms with van der Waals surface area (Å²) >= 11 is 2.04. The van der Waals surface area contributed by atoms with Gasteiger partial charge in [-0.2, -0.15) is 16.9 Å². The van der Waals surface area contributed by atoms with Gasteiger partial charge in [-0.3, -0.25) is 4.68 Å². The molecule has 4 heteroatoms. The second-order valence-corrected chi connectivity index (χ2v) is 8.03. The van der Waals surface area contributed by atoms with Crippen molar-refractivity contribution >= 4 is 11.8 Å². The van der Waals surface area contributed by atoms with E-state index in [4.69, 9.17) is 5.10 Å². The number of nitrogens with one attached hydrogen (secondary N) is 1. The van der Waals surface area contributed by atoms with E-state index in [0.717, 1.165) is 13.0 Å². The first-order valence-electron chi connectivity index (χ1n) is 8.58. The van der Waals surface area contributed by atoms with Gasteiger partial charge in [-0.1, -0.05) is 40.0 Å². The monoisotopic (exact) mass is 309 g/mol. The van der Waals surface area contributed by atoms with Crippen LogP contribution in [0.4, 0.5) is 0 Å². The molecule has 0 aliphatic heterocycles. The van der Waals surface area contributed by atoms with Crippen LogP contribution in [0.2, 0.25) is 0 Å². The van der Waals surface area contributed by atoms with Crippen LogP contribution in [0.15, 0.2) is 12.3 Å². The quantitative estimate of drug-likeness (QED) is 0.785. The van der Waals surface area contributed by atoms with Gasteiger partial charge < -0.3 is 5.32 Å². The minimum atomic E-state index is 0.539. The molecule has 1 fully saturated rings. The van der Waals surface area contributed by atoms with Gasteiger partial charge >= 0.3 is 0 Å². The molecule has 0 saturated heterocycles. The van der Waals surface area contributed by atoms with Gasteiger partial charge in [0.15, 0.2) is 0 Å². The summed E-state index contributed by atoms with van der Waals surface area (Å²) in [5.41, 5.74) is 1.25. The molecule has 0 spiro atoms. The van der Waals surface area contributed by atoms with Crippen molar-refractivity contribution in [1.29, 1.82) is 0 Å². The van der Waals surface area contributed by atoms with Gasteiger partial charge in [-0.15, -0.1) is 0 Å². The molecule has 1 atom stereocenters. The highest BCUT2D eigenvalue weighted by molar-refractivity contribution is 7.99. The highest BCUT2D eigenvalue weighted by Gasteiger charge is 2.17. The molecule has 1 aromatic rings. The van der Waals surface area contributed by atoms with Crippen LogP contribution in [0.3, 0.4) is 0 Å². The van der Waals surface area contributed by atoms with Crippen molar-refractivity contribution in [3.63, 3.8) is 0 Å². The Balaban J connectivity index is 1.89. The molecule has 3 nitrogen and oxygen atoms in total. The van der Waals surface area contributed by atoms with E-state index >= 15 is 0 Å². The molecule has 21 heavy (non-hydrogen) atoms. The fraction of sp³-hybridized carbons (Fsp3) is 0.824. The molecule has 1 unspecified atom stereocenters. The average molecular weight is 310 g/mol. The maximum absolute atomic E-state index is 4.85. The SMILES string of the molecule is CCNC(CSC(C)C)Cc1ccn(C2CCCCC2)n1. The summed E-state index contributed by atoms with van der Waals surface area (Å²) in [6, 6.07) is 3.41. The lowest BCUT2D eigenvalue weighted by Gasteiger charge is -2.22. The standard InChI is InChI=1S/C17H31N3S/c1-4-18-16(13-21-14(2)3)12-15-10-11-20(19-15)17-8-6-5-7-9-17/h10-11,14,16-18H,4-9,12-13H2,1-3H3. The van der Waals surface area contributed by atoms with Crippen LogP contribution in [0.5, 0.6) is 0 Å². The Morgan fingerprint density at radius 2 is 2.10 bits per heavy atom. The average Bonchev–Trinajstić information content (AvgIpc) is 2.94. The van der Waals surface area contributed by atoms with E-state index in [0.29, 0.717) is 17.3 Å². The minimum Gasteiger partial charge on any atom is -0.313 e. The van der Waals surface area contributed by atoms with Crippen molar-refractivity contribution in [2.24, 2.45) is 0 Å². The number of thioether (sulfide) groups is 1. The molecule has 2 rings (SSSR count). The van der Waals surface area contributed by atoms with Crippen LogP contribution in [0.25, 0.3) is 0 Å². The first-order valence-corrected chi connectivity index (χ1v) is 9.63. The summed E-state index contributed by atoms with van der Waals surface area (Å²) in [5, 5.41) is 9.16. The molecule has 1 N–H and O–H groups in total. The van der Waals surface area contributed by atoms with E-state index < -0.39 is 0 Å². The van der Waals surface area contributed by atoms with E-state index in [9.17, 15) is 0 Å². The number of rotatable bonds is 8. The van der Waals surface area contributed by atoms with Crippen LogP contribution in [-0.4, -0.2) is 33.4 Å². The lowest BCUT2D eigenvalue weighted by molar-refractivity contribution is 0.327. The molecule has 1 aliphatic carbocycles. The lowest BCUT2D eigenvalue weighted by atomic mass is 9.96. The summed E-state index contributed by atoms with van der Waals surface area (Å²) in [7, 11) is 0. The van der Waals surface area contributed by atoms with Crippen molar-refractivity contribution in [3.05, 3.63) is 18.0 Å². The summed E-state index contributed by atoms with van der Waals surface area (Å²) in [4.78, 5) is 0.